The molecule has 1 aliphatic rings. The average molecular weight is 470 g/mol. The molecule has 0 radical (unpaired) electrons. The fourth-order valence-electron chi connectivity index (χ4n) is 3.96. The highest BCUT2D eigenvalue weighted by Crippen LogP contribution is 2.44. The van der Waals surface area contributed by atoms with Gasteiger partial charge >= 0.3 is 0 Å². The molecule has 3 aromatic rings. The molecular formula is C24H27N3O3S2. The van der Waals surface area contributed by atoms with Gasteiger partial charge in [-0.25, -0.2) is 4.21 Å². The average Bonchev–Trinajstić information content (AvgIpc) is 3.21. The number of rotatable bonds is 8. The summed E-state index contributed by atoms with van der Waals surface area (Å²) in [6.07, 6.45) is 0.893. The van der Waals surface area contributed by atoms with E-state index in [2.05, 4.69) is 30.1 Å². The summed E-state index contributed by atoms with van der Waals surface area (Å²) in [4.78, 5) is 16.9. The minimum Gasteiger partial charge on any atom is -0.496 e. The molecule has 8 heteroatoms. The van der Waals surface area contributed by atoms with E-state index >= 15 is 0 Å². The number of primary amides is 1. The maximum Gasteiger partial charge on any atom is 0.258 e. The molecule has 0 spiro atoms. The van der Waals surface area contributed by atoms with Gasteiger partial charge < -0.3 is 20.7 Å². The van der Waals surface area contributed by atoms with Crippen LogP contribution in [0.25, 0.3) is 0 Å². The van der Waals surface area contributed by atoms with Gasteiger partial charge in [-0.05, 0) is 56.1 Å². The van der Waals surface area contributed by atoms with Gasteiger partial charge in [-0.2, -0.15) is 0 Å². The van der Waals surface area contributed by atoms with Crippen LogP contribution < -0.4 is 20.7 Å². The second kappa shape index (κ2) is 9.44. The Morgan fingerprint density at radius 1 is 1.19 bits per heavy atom. The Balaban J connectivity index is 1.47. The Labute approximate surface area is 194 Å². The maximum atomic E-state index is 13.2. The van der Waals surface area contributed by atoms with Crippen LogP contribution in [0.1, 0.15) is 32.1 Å². The number of carbonyl (C=O) groups is 1. The topological polar surface area (TPSA) is 84.7 Å². The first-order valence-electron chi connectivity index (χ1n) is 10.5. The monoisotopic (exact) mass is 469 g/mol. The van der Waals surface area contributed by atoms with Crippen LogP contribution in [0.2, 0.25) is 0 Å². The van der Waals surface area contributed by atoms with Crippen molar-refractivity contribution >= 4 is 39.4 Å². The molecular weight excluding hydrogens is 442 g/mol. The summed E-state index contributed by atoms with van der Waals surface area (Å²) in [7, 11) is 0.417. The normalized spacial score (nSPS) is 14.7. The molecule has 1 atom stereocenters. The highest BCUT2D eigenvalue weighted by Gasteiger charge is 2.29. The molecule has 32 heavy (non-hydrogen) atoms. The summed E-state index contributed by atoms with van der Waals surface area (Å²) in [5, 5.41) is 3.44. The Kier molecular flexibility index (Phi) is 6.64. The van der Waals surface area contributed by atoms with Gasteiger partial charge in [-0.3, -0.25) is 4.79 Å². The molecule has 2 aromatic carbocycles. The maximum absolute atomic E-state index is 13.2. The fourth-order valence-corrected chi connectivity index (χ4v) is 6.35. The van der Waals surface area contributed by atoms with Crippen molar-refractivity contribution in [3.05, 3.63) is 63.3 Å². The van der Waals surface area contributed by atoms with Crippen LogP contribution in [0, 0.1) is 13.8 Å². The summed E-state index contributed by atoms with van der Waals surface area (Å²) in [6.45, 7) is 6.38. The number of fused-ring (bicyclic) bond motifs is 2. The Hall–Kier alpha value is -2.68. The van der Waals surface area contributed by atoms with Crippen molar-refractivity contribution in [2.24, 2.45) is 5.73 Å². The fraction of sp³-hybridized carbons (Fsp3) is 0.292. The van der Waals surface area contributed by atoms with E-state index in [1.54, 1.807) is 13.2 Å². The number of nitrogens with one attached hydrogen (secondary N) is 1. The van der Waals surface area contributed by atoms with Crippen molar-refractivity contribution in [2.75, 3.05) is 25.1 Å². The third-order valence-electron chi connectivity index (χ3n) is 5.74. The Morgan fingerprint density at radius 3 is 2.72 bits per heavy atom. The van der Waals surface area contributed by atoms with Crippen LogP contribution in [0.15, 0.2) is 52.3 Å². The van der Waals surface area contributed by atoms with Gasteiger partial charge in [-0.15, -0.1) is 11.3 Å². The molecule has 1 aromatic heterocycles. The van der Waals surface area contributed by atoms with Gasteiger partial charge in [0.05, 0.1) is 48.8 Å². The number of benzene rings is 2. The lowest BCUT2D eigenvalue weighted by molar-refractivity contribution is 0.100. The van der Waals surface area contributed by atoms with Crippen molar-refractivity contribution < 1.29 is 13.7 Å². The van der Waals surface area contributed by atoms with Crippen molar-refractivity contribution in [1.82, 2.24) is 5.32 Å². The minimum atomic E-state index is -1.18. The zero-order chi connectivity index (χ0) is 22.8. The van der Waals surface area contributed by atoms with E-state index in [-0.39, 0.29) is 0 Å². The lowest BCUT2D eigenvalue weighted by Gasteiger charge is -2.34. The van der Waals surface area contributed by atoms with E-state index in [1.807, 2.05) is 30.3 Å². The molecule has 4 rings (SSSR count). The van der Waals surface area contributed by atoms with E-state index in [0.29, 0.717) is 17.2 Å². The molecule has 0 aliphatic carbocycles. The van der Waals surface area contributed by atoms with Crippen molar-refractivity contribution in [2.45, 2.75) is 36.6 Å². The Morgan fingerprint density at radius 2 is 1.97 bits per heavy atom. The van der Waals surface area contributed by atoms with Crippen LogP contribution in [0.4, 0.5) is 11.4 Å². The summed E-state index contributed by atoms with van der Waals surface area (Å²) in [5.74, 6) is 0.244. The van der Waals surface area contributed by atoms with Crippen LogP contribution in [-0.2, 0) is 17.3 Å². The quantitative estimate of drug-likeness (QED) is 0.481. The first kappa shape index (κ1) is 22.5. The number of ether oxygens (including phenoxy) is 1. The second-order valence-corrected chi connectivity index (χ2v) is 10.3. The zero-order valence-electron chi connectivity index (χ0n) is 18.4. The molecule has 168 valence electrons. The lowest BCUT2D eigenvalue weighted by Crippen LogP contribution is -2.28. The molecule has 0 saturated heterocycles. The van der Waals surface area contributed by atoms with Crippen LogP contribution >= 0.6 is 11.3 Å². The van der Waals surface area contributed by atoms with Crippen molar-refractivity contribution in [3.63, 3.8) is 0 Å². The number of nitrogens with zero attached hydrogens (tertiary/aromatic N) is 1. The van der Waals surface area contributed by atoms with Gasteiger partial charge in [0, 0.05) is 19.2 Å². The SMILES string of the molecule is COc1cc(C(N)=O)sc1CNCCCN1c2ccccc2S(=O)c2ccc(C)c(C)c21. The standard InChI is InChI=1S/C24H27N3O3S2/c1-15-9-10-22-23(16(15)2)27(17-7-4-5-8-21(17)32(22)29)12-6-11-26-14-20-18(30-3)13-19(31-20)24(25)28/h4-5,7-10,13,26H,6,11-12,14H2,1-3H3,(H2,25,28). The third-order valence-corrected chi connectivity index (χ3v) is 8.35. The summed E-state index contributed by atoms with van der Waals surface area (Å²) in [5.41, 5.74) is 9.82. The van der Waals surface area contributed by atoms with Gasteiger partial charge in [0.25, 0.3) is 5.91 Å². The molecule has 1 aliphatic heterocycles. The largest absolute Gasteiger partial charge is 0.496 e. The van der Waals surface area contributed by atoms with E-state index in [1.165, 1.54) is 22.5 Å². The molecule has 6 nitrogen and oxygen atoms in total. The van der Waals surface area contributed by atoms with E-state index in [0.717, 1.165) is 45.6 Å². The van der Waals surface area contributed by atoms with Gasteiger partial charge in [0.15, 0.2) is 0 Å². The number of nitrogens with two attached hydrogens (primary N) is 1. The van der Waals surface area contributed by atoms with E-state index in [9.17, 15) is 9.00 Å². The number of methoxy groups -OCH3 is 1. The number of amides is 1. The van der Waals surface area contributed by atoms with Gasteiger partial charge in [0.1, 0.15) is 5.75 Å². The predicted molar refractivity (Wildman–Crippen MR) is 130 cm³/mol. The summed E-state index contributed by atoms with van der Waals surface area (Å²) < 4.78 is 18.6. The highest BCUT2D eigenvalue weighted by atomic mass is 32.2. The van der Waals surface area contributed by atoms with E-state index < -0.39 is 16.7 Å². The van der Waals surface area contributed by atoms with Crippen molar-refractivity contribution in [3.8, 4) is 5.75 Å². The molecule has 3 N–H and O–H groups in total. The number of hydrogen-bond acceptors (Lipinski definition) is 6. The number of hydrogen-bond donors (Lipinski definition) is 2. The number of aryl methyl sites for hydroxylation is 1. The second-order valence-electron chi connectivity index (χ2n) is 7.74. The van der Waals surface area contributed by atoms with E-state index in [4.69, 9.17) is 10.5 Å². The zero-order valence-corrected chi connectivity index (χ0v) is 20.1. The highest BCUT2D eigenvalue weighted by molar-refractivity contribution is 7.85. The molecule has 2 heterocycles. The Bertz CT molecular complexity index is 1190. The summed E-state index contributed by atoms with van der Waals surface area (Å²) >= 11 is 1.36. The minimum absolute atomic E-state index is 0.440. The first-order chi connectivity index (χ1) is 15.4. The third kappa shape index (κ3) is 4.18. The smallest absolute Gasteiger partial charge is 0.258 e. The molecule has 0 bridgehead atoms. The van der Waals surface area contributed by atoms with Crippen molar-refractivity contribution in [1.29, 1.82) is 0 Å². The lowest BCUT2D eigenvalue weighted by atomic mass is 10.1. The first-order valence-corrected chi connectivity index (χ1v) is 12.4. The molecule has 1 amide bonds. The number of carbonyl (C=O) groups excluding carboxylic acids is 1. The molecule has 0 saturated carbocycles. The van der Waals surface area contributed by atoms with Gasteiger partial charge in [0.2, 0.25) is 0 Å². The number of para-hydroxylation sites is 1. The van der Waals surface area contributed by atoms with Crippen LogP contribution in [-0.4, -0.2) is 30.3 Å². The number of thiophene rings is 1. The predicted octanol–water partition coefficient (Wildman–Crippen LogP) is 4.27. The van der Waals surface area contributed by atoms with Crippen LogP contribution in [0.3, 0.4) is 0 Å². The van der Waals surface area contributed by atoms with Crippen LogP contribution in [0.5, 0.6) is 5.75 Å². The number of anilines is 2. The molecule has 0 fully saturated rings. The molecule has 1 unspecified atom stereocenters. The van der Waals surface area contributed by atoms with Gasteiger partial charge in [-0.1, -0.05) is 18.2 Å². The summed E-state index contributed by atoms with van der Waals surface area (Å²) in [6, 6.07) is 13.7.